The fraction of sp³-hybridized carbons (Fsp3) is 0.562. The molecule has 43 heavy (non-hydrogen) atoms. The summed E-state index contributed by atoms with van der Waals surface area (Å²) in [6, 6.07) is 2.20. The number of fused-ring (bicyclic) bond motifs is 1. The standard InChI is InChI=1S/C32H42ClN7O3/c1-7-25(41)37-13-9-22(10-14-37)40-21(3)26(27-23-18-34-35-24(23)17-20(2)28(27)33)29(36-40)39-16-15-38(19-32(39)11-8-12-32)31(4,5)30(42)43-6/h7,17-18,22H,1,8-16,19H2,2-6H3,(H,34,35). The van der Waals surface area contributed by atoms with Crippen LogP contribution in [0.1, 0.15) is 63.3 Å². The molecule has 0 unspecified atom stereocenters. The molecule has 3 fully saturated rings. The molecule has 1 amide bonds. The van der Waals surface area contributed by atoms with Crippen molar-refractivity contribution < 1.29 is 14.3 Å². The van der Waals surface area contributed by atoms with Gasteiger partial charge in [0.15, 0.2) is 5.82 Å². The van der Waals surface area contributed by atoms with Crippen molar-refractivity contribution in [3.05, 3.63) is 41.2 Å². The molecule has 4 heterocycles. The van der Waals surface area contributed by atoms with E-state index in [2.05, 4.69) is 38.2 Å². The smallest absolute Gasteiger partial charge is 0.325 e. The molecule has 2 saturated heterocycles. The maximum atomic E-state index is 12.8. The molecule has 1 aromatic carbocycles. The zero-order valence-corrected chi connectivity index (χ0v) is 26.6. The van der Waals surface area contributed by atoms with Crippen LogP contribution < -0.4 is 4.90 Å². The van der Waals surface area contributed by atoms with Crippen molar-refractivity contribution in [1.82, 2.24) is 29.8 Å². The third-order valence-electron chi connectivity index (χ3n) is 10.2. The van der Waals surface area contributed by atoms with Crippen LogP contribution in [0.15, 0.2) is 24.9 Å². The number of aryl methyl sites for hydroxylation is 1. The molecule has 2 aliphatic heterocycles. The monoisotopic (exact) mass is 607 g/mol. The van der Waals surface area contributed by atoms with Crippen molar-refractivity contribution in [3.8, 4) is 11.1 Å². The van der Waals surface area contributed by atoms with E-state index in [-0.39, 0.29) is 23.5 Å². The van der Waals surface area contributed by atoms with E-state index in [4.69, 9.17) is 21.4 Å². The molecule has 1 spiro atoms. The summed E-state index contributed by atoms with van der Waals surface area (Å²) in [4.78, 5) is 31.7. The lowest BCUT2D eigenvalue weighted by molar-refractivity contribution is -0.154. The molecule has 10 nitrogen and oxygen atoms in total. The van der Waals surface area contributed by atoms with Gasteiger partial charge >= 0.3 is 5.97 Å². The highest BCUT2D eigenvalue weighted by Crippen LogP contribution is 2.50. The number of carbonyl (C=O) groups is 2. The Labute approximate surface area is 258 Å². The highest BCUT2D eigenvalue weighted by Gasteiger charge is 2.52. The molecular formula is C32H42ClN7O3. The number of nitrogens with zero attached hydrogens (tertiary/aromatic N) is 6. The number of amides is 1. The Balaban J connectivity index is 1.46. The number of carbonyl (C=O) groups excluding carboxylic acids is 2. The largest absolute Gasteiger partial charge is 0.468 e. The van der Waals surface area contributed by atoms with Gasteiger partial charge in [0.05, 0.1) is 35.4 Å². The number of hydrogen-bond donors (Lipinski definition) is 1. The molecule has 3 aromatic rings. The van der Waals surface area contributed by atoms with Gasteiger partial charge in [-0.25, -0.2) is 0 Å². The summed E-state index contributed by atoms with van der Waals surface area (Å²) in [5.74, 6) is 0.698. The summed E-state index contributed by atoms with van der Waals surface area (Å²) in [6.45, 7) is 15.3. The number of esters is 1. The van der Waals surface area contributed by atoms with Crippen LogP contribution in [-0.4, -0.2) is 92.6 Å². The number of likely N-dealkylation sites (tertiary alicyclic amines) is 1. The summed E-state index contributed by atoms with van der Waals surface area (Å²) in [6.07, 6.45) is 8.06. The van der Waals surface area contributed by atoms with Crippen molar-refractivity contribution in [1.29, 1.82) is 0 Å². The lowest BCUT2D eigenvalue weighted by Gasteiger charge is -2.58. The van der Waals surface area contributed by atoms with E-state index in [1.807, 2.05) is 37.9 Å². The van der Waals surface area contributed by atoms with Gasteiger partial charge in [-0.2, -0.15) is 10.2 Å². The van der Waals surface area contributed by atoms with E-state index in [1.54, 1.807) is 0 Å². The summed E-state index contributed by atoms with van der Waals surface area (Å²) in [5, 5.41) is 14.6. The minimum atomic E-state index is -0.721. The summed E-state index contributed by atoms with van der Waals surface area (Å²) in [5.41, 5.74) is 4.11. The van der Waals surface area contributed by atoms with E-state index in [0.717, 1.165) is 84.3 Å². The second-order valence-electron chi connectivity index (χ2n) is 12.9. The van der Waals surface area contributed by atoms with Crippen molar-refractivity contribution >= 4 is 40.2 Å². The topological polar surface area (TPSA) is 99.6 Å². The first-order valence-electron chi connectivity index (χ1n) is 15.3. The third-order valence-corrected chi connectivity index (χ3v) is 10.7. The third kappa shape index (κ3) is 4.73. The van der Waals surface area contributed by atoms with Crippen molar-refractivity contribution in [2.45, 2.75) is 76.9 Å². The van der Waals surface area contributed by atoms with Crippen LogP contribution in [-0.2, 0) is 14.3 Å². The first-order valence-corrected chi connectivity index (χ1v) is 15.6. The molecule has 1 saturated carbocycles. The molecule has 6 rings (SSSR count). The Morgan fingerprint density at radius 2 is 1.88 bits per heavy atom. The van der Waals surface area contributed by atoms with E-state index >= 15 is 0 Å². The zero-order chi connectivity index (χ0) is 30.7. The Hall–Kier alpha value is -3.37. The van der Waals surface area contributed by atoms with Gasteiger partial charge in [0.25, 0.3) is 0 Å². The molecular weight excluding hydrogens is 566 g/mol. The molecule has 0 atom stereocenters. The first-order chi connectivity index (χ1) is 20.5. The molecule has 1 aliphatic carbocycles. The highest BCUT2D eigenvalue weighted by atomic mass is 35.5. The number of methoxy groups -OCH3 is 1. The molecule has 3 aliphatic rings. The maximum Gasteiger partial charge on any atom is 0.325 e. The van der Waals surface area contributed by atoms with Gasteiger partial charge in [-0.3, -0.25) is 24.3 Å². The normalized spacial score (nSPS) is 19.6. The second kappa shape index (κ2) is 11.0. The summed E-state index contributed by atoms with van der Waals surface area (Å²) in [7, 11) is 1.46. The minimum Gasteiger partial charge on any atom is -0.468 e. The Morgan fingerprint density at radius 1 is 1.16 bits per heavy atom. The lowest BCUT2D eigenvalue weighted by Crippen LogP contribution is -2.70. The predicted molar refractivity (Wildman–Crippen MR) is 168 cm³/mol. The van der Waals surface area contributed by atoms with Gasteiger partial charge < -0.3 is 14.5 Å². The van der Waals surface area contributed by atoms with Gasteiger partial charge in [0.1, 0.15) is 5.54 Å². The lowest BCUT2D eigenvalue weighted by atomic mass is 9.72. The fourth-order valence-corrected chi connectivity index (χ4v) is 7.67. The average molecular weight is 608 g/mol. The summed E-state index contributed by atoms with van der Waals surface area (Å²) < 4.78 is 7.37. The van der Waals surface area contributed by atoms with Crippen LogP contribution in [0.5, 0.6) is 0 Å². The van der Waals surface area contributed by atoms with Crippen molar-refractivity contribution in [2.24, 2.45) is 0 Å². The number of nitrogens with one attached hydrogen (secondary N) is 1. The van der Waals surface area contributed by atoms with Gasteiger partial charge in [0.2, 0.25) is 5.91 Å². The number of piperidine rings is 1. The van der Waals surface area contributed by atoms with Gasteiger partial charge in [-0.05, 0) is 77.5 Å². The Kier molecular flexibility index (Phi) is 7.57. The Morgan fingerprint density at radius 3 is 2.51 bits per heavy atom. The van der Waals surface area contributed by atoms with Crippen LogP contribution in [0.3, 0.4) is 0 Å². The number of benzene rings is 1. The van der Waals surface area contributed by atoms with Crippen molar-refractivity contribution in [3.63, 3.8) is 0 Å². The number of ether oxygens (including phenoxy) is 1. The van der Waals surface area contributed by atoms with Crippen LogP contribution in [0.4, 0.5) is 5.82 Å². The number of rotatable bonds is 6. The predicted octanol–water partition coefficient (Wildman–Crippen LogP) is 5.04. The first kappa shape index (κ1) is 29.7. The number of aromatic amines is 1. The molecule has 0 bridgehead atoms. The van der Waals surface area contributed by atoms with Crippen LogP contribution >= 0.6 is 11.6 Å². The average Bonchev–Trinajstić information content (AvgIpc) is 3.59. The van der Waals surface area contributed by atoms with Crippen LogP contribution in [0.25, 0.3) is 22.0 Å². The van der Waals surface area contributed by atoms with Gasteiger partial charge in [-0.1, -0.05) is 18.2 Å². The quantitative estimate of drug-likeness (QED) is 0.309. The number of halogens is 1. The number of piperazine rings is 1. The Bertz CT molecular complexity index is 1580. The zero-order valence-electron chi connectivity index (χ0n) is 25.9. The van der Waals surface area contributed by atoms with Gasteiger partial charge in [-0.15, -0.1) is 0 Å². The summed E-state index contributed by atoms with van der Waals surface area (Å²) >= 11 is 7.15. The number of anilines is 1. The van der Waals surface area contributed by atoms with Crippen LogP contribution in [0, 0.1) is 13.8 Å². The van der Waals surface area contributed by atoms with E-state index in [1.165, 1.54) is 13.2 Å². The number of H-pyrrole nitrogens is 1. The van der Waals surface area contributed by atoms with E-state index in [0.29, 0.717) is 24.7 Å². The number of aromatic nitrogens is 4. The van der Waals surface area contributed by atoms with E-state index < -0.39 is 5.54 Å². The minimum absolute atomic E-state index is 0.0226. The molecule has 0 radical (unpaired) electrons. The molecule has 1 N–H and O–H groups in total. The second-order valence-corrected chi connectivity index (χ2v) is 13.3. The van der Waals surface area contributed by atoms with Crippen molar-refractivity contribution in [2.75, 3.05) is 44.7 Å². The fourth-order valence-electron chi connectivity index (χ4n) is 7.42. The highest BCUT2D eigenvalue weighted by molar-refractivity contribution is 6.36. The molecule has 230 valence electrons. The molecule has 2 aromatic heterocycles. The SMILES string of the molecule is C=CC(=O)N1CCC(n2nc(N3CCN(C(C)(C)C(=O)OC)CC34CCC4)c(-c3c(Cl)c(C)cc4[nH]ncc34)c2C)CC1. The van der Waals surface area contributed by atoms with E-state index in [9.17, 15) is 9.59 Å². The van der Waals surface area contributed by atoms with Gasteiger partial charge in [0, 0.05) is 54.9 Å². The maximum absolute atomic E-state index is 12.8. The molecule has 11 heteroatoms. The number of hydrogen-bond acceptors (Lipinski definition) is 7. The van der Waals surface area contributed by atoms with Crippen LogP contribution in [0.2, 0.25) is 5.02 Å².